The summed E-state index contributed by atoms with van der Waals surface area (Å²) in [4.78, 5) is 15.1. The maximum absolute atomic E-state index is 13.5. The molecule has 1 aliphatic heterocycles. The molecule has 0 bridgehead atoms. The molecule has 1 saturated heterocycles. The summed E-state index contributed by atoms with van der Waals surface area (Å²) in [5, 5.41) is 21.2. The Bertz CT molecular complexity index is 672. The summed E-state index contributed by atoms with van der Waals surface area (Å²) in [5.74, 6) is 0.756. The molecule has 1 aromatic heterocycles. The van der Waals surface area contributed by atoms with Gasteiger partial charge >= 0.3 is 5.69 Å². The zero-order valence-electron chi connectivity index (χ0n) is 10.5. The molecule has 1 aromatic rings. The third kappa shape index (κ3) is 2.48. The molecule has 0 spiro atoms. The van der Waals surface area contributed by atoms with E-state index in [1.165, 1.54) is 0 Å². The summed E-state index contributed by atoms with van der Waals surface area (Å²) >= 11 is 5.31. The predicted molar refractivity (Wildman–Crippen MR) is 70.4 cm³/mol. The number of aliphatic hydroxyl groups is 2. The molecule has 0 amide bonds. The van der Waals surface area contributed by atoms with Crippen molar-refractivity contribution in [2.75, 3.05) is 12.3 Å². The van der Waals surface area contributed by atoms with Gasteiger partial charge in [0.15, 0.2) is 23.4 Å². The molecule has 1 aliphatic rings. The number of nitrogen functional groups attached to an aromatic ring is 1. The van der Waals surface area contributed by atoms with Crippen molar-refractivity contribution in [1.29, 1.82) is 0 Å². The van der Waals surface area contributed by atoms with Crippen molar-refractivity contribution < 1.29 is 19.3 Å². The number of nitrogens with zero attached hydrogens (tertiary/aromatic N) is 2. The first kappa shape index (κ1) is 15.7. The van der Waals surface area contributed by atoms with Crippen molar-refractivity contribution >= 4 is 17.4 Å². The molecule has 10 heteroatoms. The molecule has 0 aromatic carbocycles. The second kappa shape index (κ2) is 5.59. The van der Waals surface area contributed by atoms with E-state index in [1.807, 2.05) is 5.38 Å². The number of ether oxygens (including phenoxy) is 1. The third-order valence-electron chi connectivity index (χ3n) is 3.18. The number of aliphatic hydroxyl groups excluding tert-OH is 2. The Morgan fingerprint density at radius 3 is 2.90 bits per heavy atom. The lowest BCUT2D eigenvalue weighted by Crippen LogP contribution is -2.55. The number of nitrogens with two attached hydrogens (primary N) is 2. The number of halogens is 2. The van der Waals surface area contributed by atoms with Gasteiger partial charge in [0.05, 0.1) is 12.8 Å². The van der Waals surface area contributed by atoms with Crippen molar-refractivity contribution in [2.45, 2.75) is 24.0 Å². The van der Waals surface area contributed by atoms with Crippen LogP contribution >= 0.6 is 11.6 Å². The minimum atomic E-state index is -1.83. The molecule has 21 heavy (non-hydrogen) atoms. The molecule has 2 heterocycles. The minimum absolute atomic E-state index is 0.583. The van der Waals surface area contributed by atoms with Gasteiger partial charge in [-0.05, 0) is 11.6 Å². The fraction of sp³-hybridized carbons (Fsp3) is 0.455. The van der Waals surface area contributed by atoms with E-state index in [4.69, 9.17) is 32.9 Å². The van der Waals surface area contributed by atoms with E-state index >= 15 is 0 Å². The van der Waals surface area contributed by atoms with Gasteiger partial charge < -0.3 is 26.4 Å². The number of hydrogen-bond acceptors (Lipinski definition) is 7. The van der Waals surface area contributed by atoms with Gasteiger partial charge in [-0.2, -0.15) is 4.98 Å². The molecule has 114 valence electrons. The lowest BCUT2D eigenvalue weighted by Gasteiger charge is -2.27. The Labute approximate surface area is 123 Å². The standard InChI is InChI=1S/C11H12ClFN4O4/c12-2-1-11(15)7(19)6(4-18)21-9(11)17-3-5(13)8(14)16-10(17)20/h3,6-7,9,18-19H,4,15H2,(H2,14,16,20)/t6-,7+,9-,11?/m1/s1. The van der Waals surface area contributed by atoms with Crippen LogP contribution in [0.2, 0.25) is 0 Å². The van der Waals surface area contributed by atoms with Crippen molar-refractivity contribution in [3.05, 3.63) is 22.5 Å². The summed E-state index contributed by atoms with van der Waals surface area (Å²) in [6, 6.07) is 0. The molecule has 1 unspecified atom stereocenters. The molecule has 0 saturated carbocycles. The summed E-state index contributed by atoms with van der Waals surface area (Å²) in [5.41, 5.74) is 8.33. The lowest BCUT2D eigenvalue weighted by atomic mass is 9.92. The summed E-state index contributed by atoms with van der Waals surface area (Å²) in [6.45, 7) is -0.583. The minimum Gasteiger partial charge on any atom is -0.394 e. The number of anilines is 1. The maximum atomic E-state index is 13.5. The SMILES string of the molecule is Nc1nc(=O)n([C@@H]2O[C@H](CO)[C@H](O)C2(N)C#CCl)cc1F. The topological polar surface area (TPSA) is 137 Å². The van der Waals surface area contributed by atoms with E-state index in [9.17, 15) is 14.3 Å². The zero-order valence-corrected chi connectivity index (χ0v) is 11.3. The fourth-order valence-electron chi connectivity index (χ4n) is 2.09. The van der Waals surface area contributed by atoms with E-state index in [-0.39, 0.29) is 0 Å². The predicted octanol–water partition coefficient (Wildman–Crippen LogP) is -1.89. The molecule has 2 rings (SSSR count). The highest BCUT2D eigenvalue weighted by atomic mass is 35.5. The van der Waals surface area contributed by atoms with E-state index in [1.54, 1.807) is 0 Å². The Balaban J connectivity index is 2.58. The van der Waals surface area contributed by atoms with Crippen molar-refractivity contribution in [3.8, 4) is 11.3 Å². The van der Waals surface area contributed by atoms with Crippen LogP contribution in [0.25, 0.3) is 0 Å². The van der Waals surface area contributed by atoms with Crippen LogP contribution in [-0.4, -0.2) is 44.1 Å². The second-order valence-electron chi connectivity index (χ2n) is 4.47. The van der Waals surface area contributed by atoms with Crippen molar-refractivity contribution in [3.63, 3.8) is 0 Å². The van der Waals surface area contributed by atoms with E-state index in [2.05, 4.69) is 10.9 Å². The summed E-state index contributed by atoms with van der Waals surface area (Å²) in [6.07, 6.45) is -3.23. The van der Waals surface area contributed by atoms with E-state index in [0.29, 0.717) is 4.57 Å². The monoisotopic (exact) mass is 318 g/mol. The molecular weight excluding hydrogens is 307 g/mol. The number of rotatable bonds is 2. The molecule has 0 aliphatic carbocycles. The molecule has 4 atom stereocenters. The van der Waals surface area contributed by atoms with Gasteiger partial charge in [-0.15, -0.1) is 0 Å². The van der Waals surface area contributed by atoms with Crippen LogP contribution in [0.3, 0.4) is 0 Å². The number of aromatic nitrogens is 2. The largest absolute Gasteiger partial charge is 0.394 e. The van der Waals surface area contributed by atoms with E-state index < -0.39 is 47.9 Å². The van der Waals surface area contributed by atoms with Gasteiger partial charge in [-0.1, -0.05) is 5.92 Å². The highest BCUT2D eigenvalue weighted by Crippen LogP contribution is 2.35. The Kier molecular flexibility index (Phi) is 4.18. The van der Waals surface area contributed by atoms with Crippen LogP contribution < -0.4 is 17.2 Å². The van der Waals surface area contributed by atoms with Gasteiger partial charge in [0.1, 0.15) is 12.2 Å². The first-order valence-electron chi connectivity index (χ1n) is 5.75. The maximum Gasteiger partial charge on any atom is 0.351 e. The van der Waals surface area contributed by atoms with Crippen LogP contribution in [-0.2, 0) is 4.74 Å². The third-order valence-corrected chi connectivity index (χ3v) is 3.28. The van der Waals surface area contributed by atoms with Crippen LogP contribution in [0.4, 0.5) is 10.2 Å². The van der Waals surface area contributed by atoms with Crippen LogP contribution in [0.15, 0.2) is 11.0 Å². The first-order chi connectivity index (χ1) is 9.85. The van der Waals surface area contributed by atoms with Gasteiger partial charge in [0, 0.05) is 5.38 Å². The van der Waals surface area contributed by atoms with Gasteiger partial charge in [-0.25, -0.2) is 9.18 Å². The molecule has 6 N–H and O–H groups in total. The molecule has 1 fully saturated rings. The first-order valence-corrected chi connectivity index (χ1v) is 6.13. The molecule has 8 nitrogen and oxygen atoms in total. The van der Waals surface area contributed by atoms with Gasteiger partial charge in [0.25, 0.3) is 0 Å². The van der Waals surface area contributed by atoms with Gasteiger partial charge in [-0.3, -0.25) is 4.57 Å². The zero-order chi connectivity index (χ0) is 15.8. The highest BCUT2D eigenvalue weighted by Gasteiger charge is 2.54. The average molecular weight is 319 g/mol. The average Bonchev–Trinajstić information content (AvgIpc) is 2.67. The Morgan fingerprint density at radius 1 is 1.67 bits per heavy atom. The fourth-order valence-corrected chi connectivity index (χ4v) is 2.25. The molecule has 0 radical (unpaired) electrons. The van der Waals surface area contributed by atoms with Crippen molar-refractivity contribution in [1.82, 2.24) is 9.55 Å². The van der Waals surface area contributed by atoms with Crippen LogP contribution in [0, 0.1) is 17.1 Å². The lowest BCUT2D eigenvalue weighted by molar-refractivity contribution is -0.0479. The summed E-state index contributed by atoms with van der Waals surface area (Å²) in [7, 11) is 0. The van der Waals surface area contributed by atoms with Crippen LogP contribution in [0.5, 0.6) is 0 Å². The van der Waals surface area contributed by atoms with Crippen molar-refractivity contribution in [2.24, 2.45) is 5.73 Å². The Morgan fingerprint density at radius 2 is 2.33 bits per heavy atom. The van der Waals surface area contributed by atoms with E-state index in [0.717, 1.165) is 6.20 Å². The highest BCUT2D eigenvalue weighted by molar-refractivity contribution is 6.30. The van der Waals surface area contributed by atoms with Crippen LogP contribution in [0.1, 0.15) is 6.23 Å². The summed E-state index contributed by atoms with van der Waals surface area (Å²) < 4.78 is 19.5. The Hall–Kier alpha value is -1.70. The number of hydrogen-bond donors (Lipinski definition) is 4. The quantitative estimate of drug-likeness (QED) is 0.468. The normalized spacial score (nSPS) is 31.8. The van der Waals surface area contributed by atoms with Gasteiger partial charge in [0.2, 0.25) is 0 Å². The smallest absolute Gasteiger partial charge is 0.351 e. The second-order valence-corrected chi connectivity index (χ2v) is 4.66. The molecular formula is C11H12ClFN4O4.